The third-order valence-electron chi connectivity index (χ3n) is 15.2. The van der Waals surface area contributed by atoms with Crippen molar-refractivity contribution >= 4 is 17.9 Å². The summed E-state index contributed by atoms with van der Waals surface area (Å²) in [5.74, 6) is -0.877. The van der Waals surface area contributed by atoms with Crippen molar-refractivity contribution in [2.75, 3.05) is 13.2 Å². The van der Waals surface area contributed by atoms with Gasteiger partial charge in [-0.2, -0.15) is 0 Å². The average molecular weight is 1090 g/mol. The quantitative estimate of drug-likeness (QED) is 0.0261. The summed E-state index contributed by atoms with van der Waals surface area (Å²) < 4.78 is 16.9. The lowest BCUT2D eigenvalue weighted by Crippen LogP contribution is -2.30. The van der Waals surface area contributed by atoms with Crippen molar-refractivity contribution in [3.63, 3.8) is 0 Å². The van der Waals surface area contributed by atoms with Crippen LogP contribution in [0.2, 0.25) is 0 Å². The van der Waals surface area contributed by atoms with Gasteiger partial charge in [-0.3, -0.25) is 14.4 Å². The first-order chi connectivity index (χ1) is 38.5. The second-order valence-corrected chi connectivity index (χ2v) is 23.1. The summed E-state index contributed by atoms with van der Waals surface area (Å²) >= 11 is 0. The maximum absolute atomic E-state index is 12.9. The van der Waals surface area contributed by atoms with Gasteiger partial charge in [-0.05, 0) is 103 Å². The molecule has 1 atom stereocenters. The van der Waals surface area contributed by atoms with E-state index in [2.05, 4.69) is 81.5 Å². The highest BCUT2D eigenvalue weighted by molar-refractivity contribution is 5.71. The maximum Gasteiger partial charge on any atom is 0.306 e. The lowest BCUT2D eigenvalue weighted by Gasteiger charge is -2.18. The van der Waals surface area contributed by atoms with Gasteiger partial charge in [0.1, 0.15) is 13.2 Å². The molecular weight excluding hydrogens is 961 g/mol. The second-order valence-electron chi connectivity index (χ2n) is 23.1. The number of carbonyl (C=O) groups excluding carboxylic acids is 3. The lowest BCUT2D eigenvalue weighted by atomic mass is 10.0. The molecule has 0 amide bonds. The third kappa shape index (κ3) is 63.9. The lowest BCUT2D eigenvalue weighted by molar-refractivity contribution is -0.167. The molecule has 0 aromatic heterocycles. The fourth-order valence-corrected chi connectivity index (χ4v) is 10.1. The molecule has 0 radical (unpaired) electrons. The van der Waals surface area contributed by atoms with Crippen LogP contribution in [-0.2, 0) is 28.6 Å². The standard InChI is InChI=1S/C72H130O6/c1-4-7-10-13-16-19-22-25-28-30-31-32-33-34-35-36-37-38-39-40-41-43-44-47-50-53-56-59-62-65-71(74)77-68-69(67-76-70(73)64-61-58-55-52-49-46-27-24-21-18-15-12-9-6-3)78-72(75)66-63-60-57-54-51-48-45-42-29-26-23-20-17-14-11-8-5-2/h8,11,17,20,24,26-27,29-31,69H,4-7,9-10,12-16,18-19,21-23,25,28,32-68H2,1-3H3/b11-8-,20-17-,27-24-,29-26-,31-30-. The normalized spacial score (nSPS) is 12.4. The van der Waals surface area contributed by atoms with Crippen molar-refractivity contribution < 1.29 is 28.6 Å². The molecule has 78 heavy (non-hydrogen) atoms. The second kappa shape index (κ2) is 66.6. The maximum atomic E-state index is 12.9. The van der Waals surface area contributed by atoms with Crippen molar-refractivity contribution in [1.82, 2.24) is 0 Å². The summed E-state index contributed by atoms with van der Waals surface area (Å²) in [5.41, 5.74) is 0. The van der Waals surface area contributed by atoms with E-state index in [1.807, 2.05) is 0 Å². The van der Waals surface area contributed by atoms with Gasteiger partial charge in [0.15, 0.2) is 6.10 Å². The van der Waals surface area contributed by atoms with Crippen molar-refractivity contribution in [1.29, 1.82) is 0 Å². The van der Waals surface area contributed by atoms with E-state index in [9.17, 15) is 14.4 Å². The van der Waals surface area contributed by atoms with Crippen LogP contribution in [0.5, 0.6) is 0 Å². The monoisotopic (exact) mass is 1090 g/mol. The first kappa shape index (κ1) is 75.1. The van der Waals surface area contributed by atoms with Gasteiger partial charge in [0.05, 0.1) is 0 Å². The van der Waals surface area contributed by atoms with Crippen molar-refractivity contribution in [2.45, 2.75) is 367 Å². The van der Waals surface area contributed by atoms with E-state index in [0.29, 0.717) is 19.3 Å². The molecule has 0 fully saturated rings. The van der Waals surface area contributed by atoms with E-state index in [0.717, 1.165) is 89.9 Å². The zero-order valence-corrected chi connectivity index (χ0v) is 52.2. The van der Waals surface area contributed by atoms with Crippen LogP contribution in [0.1, 0.15) is 361 Å². The highest BCUT2D eigenvalue weighted by Gasteiger charge is 2.19. The summed E-state index contributed by atoms with van der Waals surface area (Å²) in [5, 5.41) is 0. The number of hydrogen-bond donors (Lipinski definition) is 0. The zero-order chi connectivity index (χ0) is 56.4. The molecule has 454 valence electrons. The molecule has 6 nitrogen and oxygen atoms in total. The van der Waals surface area contributed by atoms with Gasteiger partial charge in [0, 0.05) is 19.3 Å². The molecule has 0 bridgehead atoms. The number of hydrogen-bond acceptors (Lipinski definition) is 6. The Morgan fingerprint density at radius 3 is 0.795 bits per heavy atom. The predicted molar refractivity (Wildman–Crippen MR) is 339 cm³/mol. The zero-order valence-electron chi connectivity index (χ0n) is 52.2. The average Bonchev–Trinajstić information content (AvgIpc) is 3.44. The Hall–Kier alpha value is -2.89. The van der Waals surface area contributed by atoms with Gasteiger partial charge in [-0.25, -0.2) is 0 Å². The topological polar surface area (TPSA) is 78.9 Å². The van der Waals surface area contributed by atoms with Gasteiger partial charge in [0.25, 0.3) is 0 Å². The Morgan fingerprint density at radius 2 is 0.500 bits per heavy atom. The number of allylic oxidation sites excluding steroid dienone is 10. The van der Waals surface area contributed by atoms with Crippen LogP contribution in [0.4, 0.5) is 0 Å². The van der Waals surface area contributed by atoms with E-state index in [1.165, 1.54) is 231 Å². The van der Waals surface area contributed by atoms with Gasteiger partial charge >= 0.3 is 17.9 Å². The van der Waals surface area contributed by atoms with Crippen LogP contribution < -0.4 is 0 Å². The molecule has 6 heteroatoms. The predicted octanol–water partition coefficient (Wildman–Crippen LogP) is 23.5. The van der Waals surface area contributed by atoms with E-state index in [1.54, 1.807) is 0 Å². The Balaban J connectivity index is 4.21. The summed E-state index contributed by atoms with van der Waals surface area (Å²) in [7, 11) is 0. The van der Waals surface area contributed by atoms with Crippen LogP contribution in [0.25, 0.3) is 0 Å². The number of ether oxygens (including phenoxy) is 3. The highest BCUT2D eigenvalue weighted by atomic mass is 16.6. The largest absolute Gasteiger partial charge is 0.462 e. The summed E-state index contributed by atoms with van der Waals surface area (Å²) in [6, 6.07) is 0. The minimum atomic E-state index is -0.783. The van der Waals surface area contributed by atoms with Crippen LogP contribution >= 0.6 is 0 Å². The molecule has 0 aliphatic carbocycles. The van der Waals surface area contributed by atoms with Crippen LogP contribution in [-0.4, -0.2) is 37.2 Å². The van der Waals surface area contributed by atoms with E-state index < -0.39 is 6.10 Å². The van der Waals surface area contributed by atoms with Crippen molar-refractivity contribution in [3.8, 4) is 0 Å². The molecule has 0 aromatic rings. The molecule has 0 saturated heterocycles. The molecule has 0 N–H and O–H groups in total. The number of carbonyl (C=O) groups is 3. The van der Waals surface area contributed by atoms with Gasteiger partial charge in [-0.1, -0.05) is 300 Å². The van der Waals surface area contributed by atoms with Crippen molar-refractivity contribution in [2.24, 2.45) is 0 Å². The SMILES string of the molecule is CC/C=C\C/C=C\C/C=C\CCCCCCCCCC(=O)OC(COC(=O)CCCCCCC/C=C\CCCCCCC)COC(=O)CCCCCCCCCCCCCCCCCCC/C=C\CCCCCCCCCC. The Kier molecular flexibility index (Phi) is 64.2. The first-order valence-electron chi connectivity index (χ1n) is 34.3. The Labute approximate surface area is 485 Å². The van der Waals surface area contributed by atoms with E-state index in [-0.39, 0.29) is 31.1 Å². The smallest absolute Gasteiger partial charge is 0.306 e. The van der Waals surface area contributed by atoms with E-state index in [4.69, 9.17) is 14.2 Å². The molecule has 0 spiro atoms. The third-order valence-corrected chi connectivity index (χ3v) is 15.2. The van der Waals surface area contributed by atoms with Gasteiger partial charge in [0.2, 0.25) is 0 Å². The first-order valence-corrected chi connectivity index (χ1v) is 34.3. The summed E-state index contributed by atoms with van der Waals surface area (Å²) in [4.78, 5) is 38.3. The minimum Gasteiger partial charge on any atom is -0.462 e. The van der Waals surface area contributed by atoms with Crippen LogP contribution in [0.3, 0.4) is 0 Å². The number of esters is 3. The van der Waals surface area contributed by atoms with Gasteiger partial charge < -0.3 is 14.2 Å². The molecule has 0 aliphatic rings. The Morgan fingerprint density at radius 1 is 0.269 bits per heavy atom. The van der Waals surface area contributed by atoms with Crippen LogP contribution in [0.15, 0.2) is 60.8 Å². The molecule has 1 unspecified atom stereocenters. The fraction of sp³-hybridized carbons (Fsp3) is 0.819. The summed E-state index contributed by atoms with van der Waals surface area (Å²) in [6.45, 7) is 6.56. The fourth-order valence-electron chi connectivity index (χ4n) is 10.1. The number of unbranched alkanes of at least 4 members (excludes halogenated alkanes) is 42. The molecule has 0 rings (SSSR count). The molecule has 0 saturated carbocycles. The molecular formula is C72H130O6. The van der Waals surface area contributed by atoms with Crippen LogP contribution in [0, 0.1) is 0 Å². The number of rotatable bonds is 63. The van der Waals surface area contributed by atoms with E-state index >= 15 is 0 Å². The molecule has 0 heterocycles. The minimum absolute atomic E-state index is 0.0779. The molecule has 0 aromatic carbocycles. The highest BCUT2D eigenvalue weighted by Crippen LogP contribution is 2.17. The van der Waals surface area contributed by atoms with Crippen molar-refractivity contribution in [3.05, 3.63) is 60.8 Å². The van der Waals surface area contributed by atoms with Gasteiger partial charge in [-0.15, -0.1) is 0 Å². The molecule has 0 aliphatic heterocycles. The summed E-state index contributed by atoms with van der Waals surface area (Å²) in [6.07, 6.45) is 85.4. The Bertz CT molecular complexity index is 1390.